The van der Waals surface area contributed by atoms with E-state index in [1.54, 1.807) is 6.07 Å². The van der Waals surface area contributed by atoms with Crippen LogP contribution in [0.2, 0.25) is 0 Å². The summed E-state index contributed by atoms with van der Waals surface area (Å²) in [5.41, 5.74) is -0.0263. The van der Waals surface area contributed by atoms with Gasteiger partial charge in [-0.15, -0.1) is 6.42 Å². The van der Waals surface area contributed by atoms with Crippen LogP contribution in [0, 0.1) is 24.2 Å². The fourth-order valence-electron chi connectivity index (χ4n) is 1.03. The first-order valence-electron chi connectivity index (χ1n) is 4.00. The van der Waals surface area contributed by atoms with Gasteiger partial charge in [0, 0.05) is 5.56 Å². The lowest BCUT2D eigenvalue weighted by molar-refractivity contribution is 0.0693. The minimum Gasteiger partial charge on any atom is -0.478 e. The lowest BCUT2D eigenvalue weighted by atomic mass is 10.0. The SMILES string of the molecule is C#CC#CC(=O)c1ccccc1C(=O)O. The number of carbonyl (C=O) groups excluding carboxylic acids is 1. The molecule has 0 saturated carbocycles. The molecule has 15 heavy (non-hydrogen) atoms. The lowest BCUT2D eigenvalue weighted by Gasteiger charge is -1.99. The Hall–Kier alpha value is -2.52. The number of benzene rings is 1. The number of rotatable bonds is 2. The highest BCUT2D eigenvalue weighted by atomic mass is 16.4. The maximum absolute atomic E-state index is 11.4. The number of ketones is 1. The van der Waals surface area contributed by atoms with Crippen LogP contribution in [-0.2, 0) is 0 Å². The highest BCUT2D eigenvalue weighted by molar-refractivity contribution is 6.14. The fraction of sp³-hybridized carbons (Fsp3) is 0. The third-order valence-electron chi connectivity index (χ3n) is 1.65. The van der Waals surface area contributed by atoms with Crippen LogP contribution in [0.15, 0.2) is 24.3 Å². The molecule has 0 unspecified atom stereocenters. The fourth-order valence-corrected chi connectivity index (χ4v) is 1.03. The topological polar surface area (TPSA) is 54.4 Å². The van der Waals surface area contributed by atoms with Gasteiger partial charge in [-0.3, -0.25) is 4.79 Å². The van der Waals surface area contributed by atoms with E-state index in [0.717, 1.165) is 0 Å². The van der Waals surface area contributed by atoms with Gasteiger partial charge in [0.2, 0.25) is 5.78 Å². The molecule has 0 spiro atoms. The number of carboxylic acids is 1. The molecule has 0 saturated heterocycles. The zero-order valence-corrected chi connectivity index (χ0v) is 7.65. The number of hydrogen-bond donors (Lipinski definition) is 1. The lowest BCUT2D eigenvalue weighted by Crippen LogP contribution is -2.06. The number of hydrogen-bond acceptors (Lipinski definition) is 2. The molecule has 0 aliphatic carbocycles. The Morgan fingerprint density at radius 2 is 1.80 bits per heavy atom. The zero-order valence-electron chi connectivity index (χ0n) is 7.65. The van der Waals surface area contributed by atoms with Gasteiger partial charge in [0.1, 0.15) is 0 Å². The number of carboxylic acid groups (broad SMARTS) is 1. The zero-order chi connectivity index (χ0) is 11.3. The first kappa shape index (κ1) is 10.6. The monoisotopic (exact) mass is 198 g/mol. The van der Waals surface area contributed by atoms with Gasteiger partial charge < -0.3 is 5.11 Å². The summed E-state index contributed by atoms with van der Waals surface area (Å²) in [4.78, 5) is 22.2. The van der Waals surface area contributed by atoms with E-state index in [1.165, 1.54) is 18.2 Å². The van der Waals surface area contributed by atoms with Crippen LogP contribution in [0.25, 0.3) is 0 Å². The minimum atomic E-state index is -1.17. The average Bonchev–Trinajstić information content (AvgIpc) is 2.25. The molecule has 0 heterocycles. The molecule has 3 heteroatoms. The van der Waals surface area contributed by atoms with Crippen LogP contribution in [0.1, 0.15) is 20.7 Å². The molecule has 0 aliphatic rings. The van der Waals surface area contributed by atoms with Crippen molar-refractivity contribution in [2.45, 2.75) is 0 Å². The molecule has 1 aromatic carbocycles. The molecule has 0 aromatic heterocycles. The molecule has 0 radical (unpaired) electrons. The number of carbonyl (C=O) groups is 2. The van der Waals surface area contributed by atoms with Gasteiger partial charge in [0.25, 0.3) is 0 Å². The van der Waals surface area contributed by atoms with E-state index in [9.17, 15) is 9.59 Å². The molecule has 1 N–H and O–H groups in total. The highest BCUT2D eigenvalue weighted by Gasteiger charge is 2.13. The molecule has 72 valence electrons. The van der Waals surface area contributed by atoms with Crippen molar-refractivity contribution in [2.75, 3.05) is 0 Å². The van der Waals surface area contributed by atoms with E-state index in [1.807, 2.05) is 5.92 Å². The Bertz CT molecular complexity index is 510. The Kier molecular flexibility index (Phi) is 3.27. The van der Waals surface area contributed by atoms with Gasteiger partial charge >= 0.3 is 5.97 Å². The van der Waals surface area contributed by atoms with Crippen molar-refractivity contribution in [3.05, 3.63) is 35.4 Å². The van der Waals surface area contributed by atoms with Crippen molar-refractivity contribution in [3.8, 4) is 24.2 Å². The summed E-state index contributed by atoms with van der Waals surface area (Å²) in [5.74, 6) is 4.53. The van der Waals surface area contributed by atoms with Gasteiger partial charge in [-0.2, -0.15) is 0 Å². The van der Waals surface area contributed by atoms with E-state index < -0.39 is 11.8 Å². The summed E-state index contributed by atoms with van der Waals surface area (Å²) >= 11 is 0. The van der Waals surface area contributed by atoms with Gasteiger partial charge in [-0.05, 0) is 29.9 Å². The average molecular weight is 198 g/mol. The standard InChI is InChI=1S/C12H6O3/c1-2-3-8-11(13)9-6-4-5-7-10(9)12(14)15/h1,4-7H,(H,14,15). The first-order valence-corrected chi connectivity index (χ1v) is 4.00. The van der Waals surface area contributed by atoms with Crippen molar-refractivity contribution in [2.24, 2.45) is 0 Å². The second-order valence-corrected chi connectivity index (χ2v) is 2.57. The molecule has 1 aromatic rings. The Morgan fingerprint density at radius 3 is 2.33 bits per heavy atom. The van der Waals surface area contributed by atoms with E-state index in [0.29, 0.717) is 0 Å². The van der Waals surface area contributed by atoms with Gasteiger partial charge in [0.05, 0.1) is 5.56 Å². The number of Topliss-reactive ketones (excluding diaryl/α,β-unsaturated/α-hetero) is 1. The molecule has 0 atom stereocenters. The van der Waals surface area contributed by atoms with Crippen molar-refractivity contribution in [1.82, 2.24) is 0 Å². The van der Waals surface area contributed by atoms with Crippen molar-refractivity contribution in [3.63, 3.8) is 0 Å². The Balaban J connectivity index is 3.21. The van der Waals surface area contributed by atoms with E-state index >= 15 is 0 Å². The summed E-state index contributed by atoms with van der Waals surface area (Å²) < 4.78 is 0. The normalized spacial score (nSPS) is 8.20. The first-order chi connectivity index (χ1) is 7.16. The summed E-state index contributed by atoms with van der Waals surface area (Å²) in [6.07, 6.45) is 4.86. The molecular weight excluding hydrogens is 192 g/mol. The number of aromatic carboxylic acids is 1. The minimum absolute atomic E-state index is 0.0488. The molecule has 0 aliphatic heterocycles. The van der Waals surface area contributed by atoms with Crippen molar-refractivity contribution < 1.29 is 14.7 Å². The van der Waals surface area contributed by atoms with Crippen molar-refractivity contribution in [1.29, 1.82) is 0 Å². The molecule has 0 fully saturated rings. The predicted octanol–water partition coefficient (Wildman–Crippen LogP) is 1.20. The summed E-state index contributed by atoms with van der Waals surface area (Å²) in [6.45, 7) is 0. The van der Waals surface area contributed by atoms with Crippen LogP contribution in [0.5, 0.6) is 0 Å². The van der Waals surface area contributed by atoms with E-state index in [4.69, 9.17) is 11.5 Å². The smallest absolute Gasteiger partial charge is 0.336 e. The summed E-state index contributed by atoms with van der Waals surface area (Å²) in [5, 5.41) is 8.80. The van der Waals surface area contributed by atoms with Crippen LogP contribution < -0.4 is 0 Å². The molecule has 3 nitrogen and oxygen atoms in total. The maximum atomic E-state index is 11.4. The molecule has 0 bridgehead atoms. The van der Waals surface area contributed by atoms with Crippen LogP contribution in [0.4, 0.5) is 0 Å². The number of terminal acetylenes is 1. The molecule has 0 amide bonds. The second kappa shape index (κ2) is 4.64. The van der Waals surface area contributed by atoms with Crippen LogP contribution >= 0.6 is 0 Å². The van der Waals surface area contributed by atoms with E-state index in [2.05, 4.69) is 11.8 Å². The largest absolute Gasteiger partial charge is 0.478 e. The van der Waals surface area contributed by atoms with Gasteiger partial charge in [-0.1, -0.05) is 12.1 Å². The third kappa shape index (κ3) is 2.46. The van der Waals surface area contributed by atoms with E-state index in [-0.39, 0.29) is 11.1 Å². The van der Waals surface area contributed by atoms with Gasteiger partial charge in [0.15, 0.2) is 0 Å². The Labute approximate surface area is 86.7 Å². The van der Waals surface area contributed by atoms with Crippen molar-refractivity contribution >= 4 is 11.8 Å². The maximum Gasteiger partial charge on any atom is 0.336 e. The van der Waals surface area contributed by atoms with Gasteiger partial charge in [-0.25, -0.2) is 4.79 Å². The predicted molar refractivity (Wildman–Crippen MR) is 54.3 cm³/mol. The highest BCUT2D eigenvalue weighted by Crippen LogP contribution is 2.08. The second-order valence-electron chi connectivity index (χ2n) is 2.57. The molecular formula is C12H6O3. The summed E-state index contributed by atoms with van der Waals surface area (Å²) in [6, 6.07) is 5.84. The summed E-state index contributed by atoms with van der Waals surface area (Å²) in [7, 11) is 0. The quantitative estimate of drug-likeness (QED) is 0.441. The third-order valence-corrected chi connectivity index (χ3v) is 1.65. The van der Waals surface area contributed by atoms with Crippen LogP contribution in [0.3, 0.4) is 0 Å². The Morgan fingerprint density at radius 1 is 1.20 bits per heavy atom. The van der Waals surface area contributed by atoms with Crippen LogP contribution in [-0.4, -0.2) is 16.9 Å². The molecule has 1 rings (SSSR count).